The Labute approximate surface area is 247 Å². The van der Waals surface area contributed by atoms with Gasteiger partial charge in [0.05, 0.1) is 6.42 Å². The zero-order chi connectivity index (χ0) is 31.0. The molecule has 0 radical (unpaired) electrons. The normalized spacial score (nSPS) is 36.9. The van der Waals surface area contributed by atoms with Gasteiger partial charge in [0.15, 0.2) is 11.9 Å². The fourth-order valence-corrected chi connectivity index (χ4v) is 7.15. The number of fused-ring (bicyclic) bond motifs is 2. The van der Waals surface area contributed by atoms with Crippen molar-refractivity contribution in [2.24, 2.45) is 35.5 Å². The number of rotatable bonds is 11. The average Bonchev–Trinajstić information content (AvgIpc) is 3.13. The smallest absolute Gasteiger partial charge is 0.326 e. The molecule has 12 nitrogen and oxygen atoms in total. The van der Waals surface area contributed by atoms with Gasteiger partial charge in [-0.15, -0.1) is 0 Å². The molecule has 2 bridgehead atoms. The molecule has 0 unspecified atom stereocenters. The minimum Gasteiger partial charge on any atom is -0.480 e. The van der Waals surface area contributed by atoms with Gasteiger partial charge >= 0.3 is 11.9 Å². The fraction of sp³-hybridized carbons (Fsp3) is 0.867. The summed E-state index contributed by atoms with van der Waals surface area (Å²) < 4.78 is 18.3. The van der Waals surface area contributed by atoms with Crippen LogP contribution in [0.4, 0.5) is 0 Å². The molecule has 0 aromatic heterocycles. The Morgan fingerprint density at radius 3 is 2.33 bits per heavy atom. The van der Waals surface area contributed by atoms with Gasteiger partial charge in [-0.2, -0.15) is 0 Å². The van der Waals surface area contributed by atoms with E-state index < -0.39 is 59.8 Å². The third-order valence-corrected chi connectivity index (χ3v) is 9.49. The van der Waals surface area contributed by atoms with E-state index in [0.717, 1.165) is 19.3 Å². The average molecular weight is 597 g/mol. The highest BCUT2D eigenvalue weighted by Gasteiger charge is 2.69. The number of carboxylic acids is 1. The molecule has 1 aliphatic carbocycles. The molecule has 4 heterocycles. The number of carbonyl (C=O) groups is 4. The summed E-state index contributed by atoms with van der Waals surface area (Å²) in [5.41, 5.74) is -0.767. The van der Waals surface area contributed by atoms with Gasteiger partial charge in [0.25, 0.3) is 0 Å². The number of amides is 2. The highest BCUT2D eigenvalue weighted by atomic mass is 17.3. The number of aliphatic carboxylic acids is 1. The van der Waals surface area contributed by atoms with E-state index in [0.29, 0.717) is 18.8 Å². The number of hydrogen-bond acceptors (Lipinski definition) is 9. The number of nitrogens with one attached hydrogen (secondary N) is 2. The topological polar surface area (TPSA) is 159 Å². The zero-order valence-corrected chi connectivity index (χ0v) is 25.8. The molecule has 1 saturated carbocycles. The van der Waals surface area contributed by atoms with Crippen LogP contribution in [-0.4, -0.2) is 64.9 Å². The van der Waals surface area contributed by atoms with E-state index in [1.807, 2.05) is 27.7 Å². The van der Waals surface area contributed by atoms with Crippen molar-refractivity contribution in [1.82, 2.24) is 10.6 Å². The highest BCUT2D eigenvalue weighted by Crippen LogP contribution is 2.60. The van der Waals surface area contributed by atoms with E-state index in [4.69, 9.17) is 24.0 Å². The van der Waals surface area contributed by atoms with Crippen LogP contribution in [0.3, 0.4) is 0 Å². The van der Waals surface area contributed by atoms with Crippen molar-refractivity contribution in [2.75, 3.05) is 0 Å². The molecule has 10 atom stereocenters. The van der Waals surface area contributed by atoms with Crippen molar-refractivity contribution in [3.8, 4) is 0 Å². The predicted octanol–water partition coefficient (Wildman–Crippen LogP) is 3.27. The van der Waals surface area contributed by atoms with Crippen LogP contribution in [0.1, 0.15) is 93.4 Å². The van der Waals surface area contributed by atoms with Crippen molar-refractivity contribution < 1.29 is 48.3 Å². The molecular formula is C30H48N2O10. The first-order chi connectivity index (χ1) is 19.7. The fourth-order valence-electron chi connectivity index (χ4n) is 7.15. The molecule has 42 heavy (non-hydrogen) atoms. The summed E-state index contributed by atoms with van der Waals surface area (Å²) in [6.07, 6.45) is 1.73. The van der Waals surface area contributed by atoms with E-state index in [9.17, 15) is 24.3 Å². The summed E-state index contributed by atoms with van der Waals surface area (Å²) >= 11 is 0. The van der Waals surface area contributed by atoms with Crippen LogP contribution in [0.25, 0.3) is 0 Å². The molecule has 238 valence electrons. The zero-order valence-electron chi connectivity index (χ0n) is 25.8. The van der Waals surface area contributed by atoms with Crippen LogP contribution in [0.5, 0.6) is 0 Å². The number of carboxylic acid groups (broad SMARTS) is 1. The van der Waals surface area contributed by atoms with E-state index >= 15 is 0 Å². The van der Waals surface area contributed by atoms with Crippen LogP contribution < -0.4 is 10.6 Å². The first kappa shape index (κ1) is 32.6. The molecule has 4 saturated heterocycles. The molecule has 12 heteroatoms. The monoisotopic (exact) mass is 596 g/mol. The third-order valence-electron chi connectivity index (χ3n) is 9.49. The second-order valence-electron chi connectivity index (χ2n) is 13.6. The Morgan fingerprint density at radius 2 is 1.69 bits per heavy atom. The molecule has 5 rings (SSSR count). The highest BCUT2D eigenvalue weighted by molar-refractivity contribution is 5.91. The Morgan fingerprint density at radius 1 is 0.976 bits per heavy atom. The van der Waals surface area contributed by atoms with Crippen molar-refractivity contribution in [2.45, 2.75) is 129 Å². The van der Waals surface area contributed by atoms with Crippen LogP contribution in [0.2, 0.25) is 0 Å². The Kier molecular flexibility index (Phi) is 9.91. The maximum absolute atomic E-state index is 12.9. The third kappa shape index (κ3) is 6.61. The molecule has 5 aliphatic rings. The van der Waals surface area contributed by atoms with Gasteiger partial charge < -0.3 is 30.0 Å². The number of hydrogen-bond donors (Lipinski definition) is 3. The Balaban J connectivity index is 1.35. The first-order valence-corrected chi connectivity index (χ1v) is 15.4. The summed E-state index contributed by atoms with van der Waals surface area (Å²) in [7, 11) is 0. The minimum absolute atomic E-state index is 0.00281. The molecule has 5 fully saturated rings. The molecule has 4 aliphatic heterocycles. The minimum atomic E-state index is -1.14. The predicted molar refractivity (Wildman–Crippen MR) is 148 cm³/mol. The standard InChI is InChI=1S/C30H48N2O10/c1-15(2)14-21(25(35)32-24(16(3)4)26(36)37)31-22(33)10-11-23(34)38-27-18(6)20-9-8-17(5)19-12-13-29(7)40-28(39-27)30(19,20)42-41-29/h15-21,24,27-28H,8-14H2,1-7H3,(H,31,33)(H,32,35)(H,36,37)/t17-,18+,19+,20-,21+,24+,27-,28+,29+,30-/m1/s1. The lowest BCUT2D eigenvalue weighted by Crippen LogP contribution is -2.70. The lowest BCUT2D eigenvalue weighted by Gasteiger charge is -2.59. The summed E-state index contributed by atoms with van der Waals surface area (Å²) in [5, 5.41) is 14.6. The number of ether oxygens (including phenoxy) is 3. The quantitative estimate of drug-likeness (QED) is 0.239. The van der Waals surface area contributed by atoms with Crippen LogP contribution in [0.15, 0.2) is 0 Å². The lowest BCUT2D eigenvalue weighted by atomic mass is 9.58. The summed E-state index contributed by atoms with van der Waals surface area (Å²) in [5.74, 6) is -3.63. The summed E-state index contributed by atoms with van der Waals surface area (Å²) in [6.45, 7) is 13.2. The van der Waals surface area contributed by atoms with Crippen molar-refractivity contribution >= 4 is 23.8 Å². The Hall–Kier alpha value is -2.28. The van der Waals surface area contributed by atoms with Crippen molar-refractivity contribution in [3.05, 3.63) is 0 Å². The van der Waals surface area contributed by atoms with Crippen LogP contribution in [-0.2, 0) is 43.2 Å². The lowest BCUT2D eigenvalue weighted by molar-refractivity contribution is -0.576. The molecule has 1 spiro atoms. The van der Waals surface area contributed by atoms with E-state index in [1.54, 1.807) is 13.8 Å². The number of esters is 1. The van der Waals surface area contributed by atoms with Crippen LogP contribution in [0, 0.1) is 35.5 Å². The second-order valence-corrected chi connectivity index (χ2v) is 13.6. The summed E-state index contributed by atoms with van der Waals surface area (Å²) in [6, 6.07) is -2.01. The molecular weight excluding hydrogens is 548 g/mol. The molecule has 2 amide bonds. The van der Waals surface area contributed by atoms with Gasteiger partial charge in [-0.25, -0.2) is 14.6 Å². The maximum Gasteiger partial charge on any atom is 0.326 e. The van der Waals surface area contributed by atoms with E-state index in [2.05, 4.69) is 17.6 Å². The molecule has 0 aromatic rings. The van der Waals surface area contributed by atoms with Gasteiger partial charge in [-0.3, -0.25) is 14.4 Å². The van der Waals surface area contributed by atoms with Crippen molar-refractivity contribution in [1.29, 1.82) is 0 Å². The maximum atomic E-state index is 12.9. The van der Waals surface area contributed by atoms with Gasteiger partial charge in [-0.05, 0) is 56.3 Å². The van der Waals surface area contributed by atoms with Gasteiger partial charge in [0.1, 0.15) is 12.1 Å². The molecule has 3 N–H and O–H groups in total. The van der Waals surface area contributed by atoms with Gasteiger partial charge in [0, 0.05) is 24.7 Å². The second kappa shape index (κ2) is 12.8. The first-order valence-electron chi connectivity index (χ1n) is 15.4. The number of carbonyl (C=O) groups excluding carboxylic acids is 3. The SMILES string of the molecule is CC(C)C[C@H](NC(=O)CCC(=O)O[C@@H]1O[C@H]2O[C@]3(C)CC[C@H]4[C@H](C)CC[C@H]([C@@H]1C)[C@@]24OO3)C(=O)N[C@H](C(=O)O)C(C)C. The van der Waals surface area contributed by atoms with E-state index in [-0.39, 0.29) is 42.4 Å². The largest absolute Gasteiger partial charge is 0.480 e. The van der Waals surface area contributed by atoms with Gasteiger partial charge in [0.2, 0.25) is 23.9 Å². The van der Waals surface area contributed by atoms with Gasteiger partial charge in [-0.1, -0.05) is 41.5 Å². The van der Waals surface area contributed by atoms with Crippen LogP contribution >= 0.6 is 0 Å². The Bertz CT molecular complexity index is 1040. The van der Waals surface area contributed by atoms with E-state index in [1.165, 1.54) is 0 Å². The summed E-state index contributed by atoms with van der Waals surface area (Å²) in [4.78, 5) is 62.0. The van der Waals surface area contributed by atoms with Crippen molar-refractivity contribution in [3.63, 3.8) is 0 Å². The molecule has 0 aromatic carbocycles.